The summed E-state index contributed by atoms with van der Waals surface area (Å²) in [5, 5.41) is 10.5. The molecule has 0 radical (unpaired) electrons. The summed E-state index contributed by atoms with van der Waals surface area (Å²) < 4.78 is 40.0. The van der Waals surface area contributed by atoms with Crippen LogP contribution in [-0.2, 0) is 11.0 Å². The number of carbonyl (C=O) groups excluding carboxylic acids is 1. The third-order valence-corrected chi connectivity index (χ3v) is 4.03. The first-order valence-electron chi connectivity index (χ1n) is 7.28. The topological polar surface area (TPSA) is 62.5 Å². The van der Waals surface area contributed by atoms with Gasteiger partial charge in [-0.3, -0.25) is 9.20 Å². The lowest BCUT2D eigenvalue weighted by atomic mass is 9.97. The summed E-state index contributed by atoms with van der Waals surface area (Å²) in [5.41, 5.74) is -0.416. The first kappa shape index (κ1) is 15.6. The van der Waals surface area contributed by atoms with Gasteiger partial charge < -0.3 is 10.2 Å². The molecule has 6 nitrogen and oxygen atoms in total. The largest absolute Gasteiger partial charge is 0.417 e. The van der Waals surface area contributed by atoms with Crippen LogP contribution in [0.5, 0.6) is 0 Å². The predicted octanol–water partition coefficient (Wildman–Crippen LogP) is 1.71. The van der Waals surface area contributed by atoms with Gasteiger partial charge >= 0.3 is 6.18 Å². The van der Waals surface area contributed by atoms with Crippen LogP contribution in [-0.4, -0.2) is 40.6 Å². The van der Waals surface area contributed by atoms with Crippen LogP contribution in [0.2, 0.25) is 0 Å². The third-order valence-electron chi connectivity index (χ3n) is 4.03. The monoisotopic (exact) mass is 327 g/mol. The highest BCUT2D eigenvalue weighted by Gasteiger charge is 2.32. The highest BCUT2D eigenvalue weighted by molar-refractivity contribution is 5.79. The van der Waals surface area contributed by atoms with Gasteiger partial charge in [-0.2, -0.15) is 13.2 Å². The van der Waals surface area contributed by atoms with Crippen LogP contribution in [0.1, 0.15) is 18.4 Å². The minimum atomic E-state index is -4.43. The van der Waals surface area contributed by atoms with E-state index in [4.69, 9.17) is 0 Å². The zero-order valence-electron chi connectivity index (χ0n) is 12.5. The van der Waals surface area contributed by atoms with Gasteiger partial charge in [0.2, 0.25) is 11.9 Å². The van der Waals surface area contributed by atoms with E-state index in [1.807, 2.05) is 4.90 Å². The molecule has 1 unspecified atom stereocenters. The molecule has 1 aliphatic rings. The zero-order chi connectivity index (χ0) is 16.6. The van der Waals surface area contributed by atoms with Gasteiger partial charge in [0.15, 0.2) is 5.65 Å². The molecule has 2 aromatic rings. The summed E-state index contributed by atoms with van der Waals surface area (Å²) in [5.74, 6) is 0.0612. The van der Waals surface area contributed by atoms with Crippen LogP contribution >= 0.6 is 0 Å². The van der Waals surface area contributed by atoms with Crippen molar-refractivity contribution in [3.05, 3.63) is 23.9 Å². The molecule has 3 heterocycles. The van der Waals surface area contributed by atoms with E-state index < -0.39 is 11.7 Å². The van der Waals surface area contributed by atoms with E-state index in [1.54, 1.807) is 7.05 Å². The van der Waals surface area contributed by atoms with Gasteiger partial charge in [0.05, 0.1) is 11.5 Å². The number of fused-ring (bicyclic) bond motifs is 1. The number of nitrogens with one attached hydrogen (secondary N) is 1. The summed E-state index contributed by atoms with van der Waals surface area (Å²) in [4.78, 5) is 13.6. The number of halogens is 3. The van der Waals surface area contributed by atoms with Gasteiger partial charge in [-0.25, -0.2) is 0 Å². The fourth-order valence-electron chi connectivity index (χ4n) is 2.84. The van der Waals surface area contributed by atoms with Crippen molar-refractivity contribution in [2.24, 2.45) is 5.92 Å². The Bertz CT molecular complexity index is 727. The number of hydrogen-bond acceptors (Lipinski definition) is 4. The molecular formula is C14H16F3N5O. The molecule has 1 saturated heterocycles. The Labute approximate surface area is 130 Å². The maximum Gasteiger partial charge on any atom is 0.417 e. The van der Waals surface area contributed by atoms with Crippen molar-refractivity contribution in [2.75, 3.05) is 25.0 Å². The van der Waals surface area contributed by atoms with E-state index in [0.29, 0.717) is 24.7 Å². The van der Waals surface area contributed by atoms with E-state index in [2.05, 4.69) is 15.5 Å². The fraction of sp³-hybridized carbons (Fsp3) is 0.500. The van der Waals surface area contributed by atoms with E-state index in [9.17, 15) is 18.0 Å². The van der Waals surface area contributed by atoms with Crippen LogP contribution in [0.15, 0.2) is 18.3 Å². The first-order valence-corrected chi connectivity index (χ1v) is 7.28. The SMILES string of the molecule is CNC(=O)C1CCCN(c2nnc3ccc(C(F)(F)F)cn23)C1. The number of aromatic nitrogens is 3. The number of piperidine rings is 1. The quantitative estimate of drug-likeness (QED) is 0.912. The molecule has 1 amide bonds. The van der Waals surface area contributed by atoms with Crippen LogP contribution in [0.25, 0.3) is 5.65 Å². The van der Waals surface area contributed by atoms with Gasteiger partial charge in [0, 0.05) is 26.3 Å². The molecule has 23 heavy (non-hydrogen) atoms. The molecule has 1 fully saturated rings. The van der Waals surface area contributed by atoms with Crippen molar-refractivity contribution in [3.63, 3.8) is 0 Å². The van der Waals surface area contributed by atoms with Crippen LogP contribution < -0.4 is 10.2 Å². The Morgan fingerprint density at radius 2 is 2.13 bits per heavy atom. The van der Waals surface area contributed by atoms with Crippen molar-refractivity contribution in [3.8, 4) is 0 Å². The molecule has 0 spiro atoms. The maximum absolute atomic E-state index is 12.9. The van der Waals surface area contributed by atoms with E-state index in [0.717, 1.165) is 25.1 Å². The van der Waals surface area contributed by atoms with Gasteiger partial charge in [0.25, 0.3) is 0 Å². The molecule has 0 aromatic carbocycles. The normalized spacial score (nSPS) is 19.1. The highest BCUT2D eigenvalue weighted by atomic mass is 19.4. The standard InChI is InChI=1S/C14H16F3N5O/c1-18-12(23)9-3-2-6-21(7-9)13-20-19-11-5-4-10(8-22(11)13)14(15,16)17/h4-5,8-9H,2-3,6-7H2,1H3,(H,18,23). The first-order chi connectivity index (χ1) is 10.9. The van der Waals surface area contributed by atoms with E-state index in [1.165, 1.54) is 10.5 Å². The molecular weight excluding hydrogens is 311 g/mol. The van der Waals surface area contributed by atoms with Crippen molar-refractivity contribution < 1.29 is 18.0 Å². The van der Waals surface area contributed by atoms with Crippen molar-refractivity contribution in [2.45, 2.75) is 19.0 Å². The fourth-order valence-corrected chi connectivity index (χ4v) is 2.84. The molecule has 1 N–H and O–H groups in total. The van der Waals surface area contributed by atoms with Gasteiger partial charge in [-0.1, -0.05) is 0 Å². The Balaban J connectivity index is 1.94. The average molecular weight is 327 g/mol. The molecule has 3 rings (SSSR count). The minimum Gasteiger partial charge on any atom is -0.359 e. The van der Waals surface area contributed by atoms with E-state index in [-0.39, 0.29) is 11.8 Å². The van der Waals surface area contributed by atoms with Crippen molar-refractivity contribution >= 4 is 17.5 Å². The maximum atomic E-state index is 12.9. The molecule has 124 valence electrons. The molecule has 1 atom stereocenters. The average Bonchev–Trinajstić information content (AvgIpc) is 2.96. The molecule has 0 aliphatic carbocycles. The summed E-state index contributed by atoms with van der Waals surface area (Å²) in [6, 6.07) is 2.27. The second-order valence-corrected chi connectivity index (χ2v) is 5.54. The summed E-state index contributed by atoms with van der Waals surface area (Å²) >= 11 is 0. The molecule has 9 heteroatoms. The number of anilines is 1. The number of pyridine rings is 1. The van der Waals surface area contributed by atoms with Gasteiger partial charge in [0.1, 0.15) is 0 Å². The number of hydrogen-bond donors (Lipinski definition) is 1. The second kappa shape index (κ2) is 5.71. The minimum absolute atomic E-state index is 0.0699. The molecule has 0 bridgehead atoms. The Kier molecular flexibility index (Phi) is 3.87. The number of nitrogens with zero attached hydrogens (tertiary/aromatic N) is 4. The molecule has 2 aromatic heterocycles. The Morgan fingerprint density at radius 1 is 1.35 bits per heavy atom. The predicted molar refractivity (Wildman–Crippen MR) is 77.0 cm³/mol. The van der Waals surface area contributed by atoms with Crippen LogP contribution in [0.4, 0.5) is 19.1 Å². The molecule has 0 saturated carbocycles. The van der Waals surface area contributed by atoms with Gasteiger partial charge in [-0.15, -0.1) is 10.2 Å². The van der Waals surface area contributed by atoms with E-state index >= 15 is 0 Å². The summed E-state index contributed by atoms with van der Waals surface area (Å²) in [7, 11) is 1.57. The van der Waals surface area contributed by atoms with Crippen molar-refractivity contribution in [1.82, 2.24) is 19.9 Å². The summed E-state index contributed by atoms with van der Waals surface area (Å²) in [6.45, 7) is 1.04. The third kappa shape index (κ3) is 2.95. The van der Waals surface area contributed by atoms with Crippen molar-refractivity contribution in [1.29, 1.82) is 0 Å². The lowest BCUT2D eigenvalue weighted by molar-refractivity contribution is -0.137. The number of alkyl halides is 3. The molecule has 1 aliphatic heterocycles. The second-order valence-electron chi connectivity index (χ2n) is 5.54. The Morgan fingerprint density at radius 3 is 2.83 bits per heavy atom. The lowest BCUT2D eigenvalue weighted by Crippen LogP contribution is -2.42. The smallest absolute Gasteiger partial charge is 0.359 e. The number of amides is 1. The summed E-state index contributed by atoms with van der Waals surface area (Å²) in [6.07, 6.45) is -1.91. The number of rotatable bonds is 2. The lowest BCUT2D eigenvalue weighted by Gasteiger charge is -2.31. The van der Waals surface area contributed by atoms with Crippen LogP contribution in [0.3, 0.4) is 0 Å². The van der Waals surface area contributed by atoms with Crippen LogP contribution in [0, 0.1) is 5.92 Å². The highest BCUT2D eigenvalue weighted by Crippen LogP contribution is 2.30. The van der Waals surface area contributed by atoms with Gasteiger partial charge in [-0.05, 0) is 25.0 Å². The number of carbonyl (C=O) groups is 1. The zero-order valence-corrected chi connectivity index (χ0v) is 12.5. The Hall–Kier alpha value is -2.32.